The van der Waals surface area contributed by atoms with Crippen LogP contribution in [0.25, 0.3) is 0 Å². The third kappa shape index (κ3) is 8.91. The molecule has 0 heterocycles. The van der Waals surface area contributed by atoms with E-state index < -0.39 is 48.4 Å². The Morgan fingerprint density at radius 1 is 0.778 bits per heavy atom. The molecule has 11 heteroatoms. The molecule has 194 valence electrons. The molecule has 0 aromatic heterocycles. The van der Waals surface area contributed by atoms with Crippen molar-refractivity contribution in [2.75, 3.05) is 6.54 Å². The van der Waals surface area contributed by atoms with Gasteiger partial charge in [0.05, 0.1) is 6.04 Å². The minimum atomic E-state index is -1.24. The number of phenols is 2. The number of carboxylic acids is 1. The van der Waals surface area contributed by atoms with E-state index in [0.29, 0.717) is 5.56 Å². The number of aliphatic carboxylic acids is 1. The molecule has 0 saturated heterocycles. The molecule has 11 nitrogen and oxygen atoms in total. The molecule has 0 aliphatic heterocycles. The Hall–Kier alpha value is -4.12. The van der Waals surface area contributed by atoms with Crippen molar-refractivity contribution in [1.29, 1.82) is 0 Å². The van der Waals surface area contributed by atoms with E-state index in [1.807, 2.05) is 0 Å². The summed E-state index contributed by atoms with van der Waals surface area (Å²) in [4.78, 5) is 49.3. The van der Waals surface area contributed by atoms with Crippen LogP contribution in [0.5, 0.6) is 11.5 Å². The van der Waals surface area contributed by atoms with Gasteiger partial charge in [-0.15, -0.1) is 0 Å². The second kappa shape index (κ2) is 13.1. The summed E-state index contributed by atoms with van der Waals surface area (Å²) in [5.41, 5.74) is 7.36. The van der Waals surface area contributed by atoms with Crippen LogP contribution in [0, 0.1) is 5.92 Å². The van der Waals surface area contributed by atoms with Crippen LogP contribution in [0.15, 0.2) is 48.5 Å². The van der Waals surface area contributed by atoms with E-state index in [1.165, 1.54) is 24.3 Å². The van der Waals surface area contributed by atoms with Gasteiger partial charge in [0.1, 0.15) is 30.1 Å². The van der Waals surface area contributed by atoms with Crippen LogP contribution in [-0.4, -0.2) is 63.7 Å². The molecule has 2 rings (SSSR count). The number of carbonyl (C=O) groups is 4. The Labute approximate surface area is 208 Å². The summed E-state index contributed by atoms with van der Waals surface area (Å²) in [6.07, 6.45) is 0.205. The standard InChI is InChI=1S/C25H32N4O7/c1-14(2)22(29-23(34)19(26)11-15-3-7-17(30)8-4-15)25(36)28-20(24(35)27-13-21(32)33)12-16-5-9-18(31)10-6-16/h3-10,14,19-20,22,30-31H,11-13,26H2,1-2H3,(H,27,35)(H,28,36)(H,29,34)(H,32,33). The maximum absolute atomic E-state index is 13.1. The average molecular weight is 501 g/mol. The Morgan fingerprint density at radius 2 is 1.28 bits per heavy atom. The van der Waals surface area contributed by atoms with E-state index in [1.54, 1.807) is 38.1 Å². The van der Waals surface area contributed by atoms with Gasteiger partial charge in [0.15, 0.2) is 0 Å². The number of phenolic OH excluding ortho intramolecular Hbond substituents is 2. The Kier molecular flexibility index (Phi) is 10.2. The maximum atomic E-state index is 13.1. The second-order valence-electron chi connectivity index (χ2n) is 8.75. The van der Waals surface area contributed by atoms with Gasteiger partial charge in [-0.25, -0.2) is 0 Å². The van der Waals surface area contributed by atoms with Gasteiger partial charge in [0.25, 0.3) is 0 Å². The van der Waals surface area contributed by atoms with E-state index >= 15 is 0 Å². The van der Waals surface area contributed by atoms with Crippen molar-refractivity contribution < 1.29 is 34.5 Å². The molecule has 0 aliphatic rings. The predicted octanol–water partition coefficient (Wildman–Crippen LogP) is 0.0367. The molecule has 0 radical (unpaired) electrons. The summed E-state index contributed by atoms with van der Waals surface area (Å²) in [5.74, 6) is -3.40. The molecule has 2 aromatic rings. The zero-order valence-corrected chi connectivity index (χ0v) is 20.1. The van der Waals surface area contributed by atoms with Crippen molar-refractivity contribution in [2.45, 2.75) is 44.8 Å². The quantitative estimate of drug-likeness (QED) is 0.212. The van der Waals surface area contributed by atoms with Crippen molar-refractivity contribution in [3.05, 3.63) is 59.7 Å². The van der Waals surface area contributed by atoms with Gasteiger partial charge < -0.3 is 37.0 Å². The molecule has 3 amide bonds. The van der Waals surface area contributed by atoms with Crippen LogP contribution in [0.3, 0.4) is 0 Å². The third-order valence-electron chi connectivity index (χ3n) is 5.40. The molecule has 0 aliphatic carbocycles. The lowest BCUT2D eigenvalue weighted by Crippen LogP contribution is -2.58. The highest BCUT2D eigenvalue weighted by atomic mass is 16.4. The third-order valence-corrected chi connectivity index (χ3v) is 5.40. The zero-order valence-electron chi connectivity index (χ0n) is 20.1. The number of rotatable bonds is 12. The molecule has 8 N–H and O–H groups in total. The number of nitrogens with one attached hydrogen (secondary N) is 3. The van der Waals surface area contributed by atoms with Crippen molar-refractivity contribution >= 4 is 23.7 Å². The molecule has 0 spiro atoms. The van der Waals surface area contributed by atoms with Gasteiger partial charge in [0.2, 0.25) is 17.7 Å². The highest BCUT2D eigenvalue weighted by Crippen LogP contribution is 2.13. The van der Waals surface area contributed by atoms with E-state index in [4.69, 9.17) is 10.8 Å². The number of nitrogens with two attached hydrogens (primary N) is 1. The first-order valence-electron chi connectivity index (χ1n) is 11.4. The normalized spacial score (nSPS) is 13.3. The Bertz CT molecular complexity index is 1060. The summed E-state index contributed by atoms with van der Waals surface area (Å²) >= 11 is 0. The van der Waals surface area contributed by atoms with Gasteiger partial charge in [-0.2, -0.15) is 0 Å². The van der Waals surface area contributed by atoms with Crippen LogP contribution < -0.4 is 21.7 Å². The van der Waals surface area contributed by atoms with E-state index in [0.717, 1.165) is 5.56 Å². The maximum Gasteiger partial charge on any atom is 0.322 e. The number of hydrogen-bond donors (Lipinski definition) is 7. The van der Waals surface area contributed by atoms with Gasteiger partial charge in [-0.05, 0) is 47.7 Å². The van der Waals surface area contributed by atoms with E-state index in [9.17, 15) is 29.4 Å². The number of amides is 3. The predicted molar refractivity (Wildman–Crippen MR) is 131 cm³/mol. The number of aromatic hydroxyl groups is 2. The van der Waals surface area contributed by atoms with E-state index in [-0.39, 0.29) is 30.3 Å². The highest BCUT2D eigenvalue weighted by Gasteiger charge is 2.30. The van der Waals surface area contributed by atoms with Crippen molar-refractivity contribution in [1.82, 2.24) is 16.0 Å². The largest absolute Gasteiger partial charge is 0.508 e. The number of benzene rings is 2. The fourth-order valence-corrected chi connectivity index (χ4v) is 3.40. The minimum Gasteiger partial charge on any atom is -0.508 e. The van der Waals surface area contributed by atoms with Crippen LogP contribution in [0.2, 0.25) is 0 Å². The fraction of sp³-hybridized carbons (Fsp3) is 0.360. The van der Waals surface area contributed by atoms with Gasteiger partial charge in [-0.1, -0.05) is 38.1 Å². The molecule has 36 heavy (non-hydrogen) atoms. The van der Waals surface area contributed by atoms with Gasteiger partial charge in [0, 0.05) is 6.42 Å². The molecule has 0 bridgehead atoms. The first-order valence-corrected chi connectivity index (χ1v) is 11.4. The van der Waals surface area contributed by atoms with Crippen molar-refractivity contribution in [3.8, 4) is 11.5 Å². The molecule has 3 unspecified atom stereocenters. The summed E-state index contributed by atoms with van der Waals surface area (Å²) in [6, 6.07) is 9.12. The van der Waals surface area contributed by atoms with Crippen molar-refractivity contribution in [3.63, 3.8) is 0 Å². The van der Waals surface area contributed by atoms with Crippen molar-refractivity contribution in [2.24, 2.45) is 11.7 Å². The molecular formula is C25H32N4O7. The smallest absolute Gasteiger partial charge is 0.322 e. The number of hydrogen-bond acceptors (Lipinski definition) is 7. The summed E-state index contributed by atoms with van der Waals surface area (Å²) in [6.45, 7) is 2.81. The molecule has 0 fully saturated rings. The topological polar surface area (TPSA) is 191 Å². The molecule has 3 atom stereocenters. The van der Waals surface area contributed by atoms with Crippen LogP contribution in [0.1, 0.15) is 25.0 Å². The lowest BCUT2D eigenvalue weighted by Gasteiger charge is -2.26. The molecular weight excluding hydrogens is 468 g/mol. The Balaban J connectivity index is 2.11. The molecule has 0 saturated carbocycles. The van der Waals surface area contributed by atoms with Crippen LogP contribution in [-0.2, 0) is 32.0 Å². The fourth-order valence-electron chi connectivity index (χ4n) is 3.40. The van der Waals surface area contributed by atoms with Gasteiger partial charge in [-0.3, -0.25) is 19.2 Å². The highest BCUT2D eigenvalue weighted by molar-refractivity contribution is 5.94. The zero-order chi connectivity index (χ0) is 26.8. The van der Waals surface area contributed by atoms with Crippen LogP contribution in [0.4, 0.5) is 0 Å². The monoisotopic (exact) mass is 500 g/mol. The first kappa shape index (κ1) is 28.1. The first-order chi connectivity index (χ1) is 17.0. The summed E-state index contributed by atoms with van der Waals surface area (Å²) in [5, 5.41) is 35.2. The number of carbonyl (C=O) groups excluding carboxylic acids is 3. The lowest BCUT2D eigenvalue weighted by atomic mass is 9.99. The lowest BCUT2D eigenvalue weighted by molar-refractivity contribution is -0.138. The molecule has 2 aromatic carbocycles. The minimum absolute atomic E-state index is 0.0244. The van der Waals surface area contributed by atoms with E-state index in [2.05, 4.69) is 16.0 Å². The Morgan fingerprint density at radius 3 is 1.75 bits per heavy atom. The van der Waals surface area contributed by atoms with Gasteiger partial charge >= 0.3 is 5.97 Å². The SMILES string of the molecule is CC(C)C(NC(=O)C(N)Cc1ccc(O)cc1)C(=O)NC(Cc1ccc(O)cc1)C(=O)NCC(=O)O. The van der Waals surface area contributed by atoms with Crippen LogP contribution >= 0.6 is 0 Å². The number of carboxylic acid groups (broad SMARTS) is 1. The summed E-state index contributed by atoms with van der Waals surface area (Å²) in [7, 11) is 0. The second-order valence-corrected chi connectivity index (χ2v) is 8.75. The average Bonchev–Trinajstić information content (AvgIpc) is 2.82. The summed E-state index contributed by atoms with van der Waals surface area (Å²) < 4.78 is 0.